The third-order valence-electron chi connectivity index (χ3n) is 10.8. The Morgan fingerprint density at radius 2 is 1.77 bits per heavy atom. The molecule has 3 rings (SSSR count). The average molecular weight is 741 g/mol. The standard InChI is InChI=1S/C40H60N4O7S/c1-10-40(6,7)30(22-34(46)32-18-14-15-19-43(32)8)38(48)44(9)33(25(2)3)23-35(51-27(5)45)37-42-31(24-52-37)36(47)41-29(20-26(4)39(49)50)21-28-16-12-11-13-17-28/h11-13,16-17,24-26,29-30,32-33,35H,10,14-15,18-23H2,1-9H3,(H,41,47)(H,49,50)/t26-,29+,30+,32+,33+,35+/m0/s1. The molecule has 1 aliphatic heterocycles. The number of ketones is 1. The fraction of sp³-hybridized carbons (Fsp3) is 0.650. The maximum atomic E-state index is 14.4. The van der Waals surface area contributed by atoms with E-state index in [-0.39, 0.29) is 54.6 Å². The first kappa shape index (κ1) is 42.8. The SMILES string of the molecule is CCC(C)(C)[C@H](CC(=O)[C@H]1CCCCN1C)C(=O)N(C)[C@H](C[C@@H](OC(C)=O)c1nc(C(=O)N[C@@H](Cc2ccccc2)C[C@H](C)C(=O)O)cs1)C(C)C. The summed E-state index contributed by atoms with van der Waals surface area (Å²) in [5.41, 5.74) is 0.677. The van der Waals surface area contributed by atoms with Gasteiger partial charge in [0.25, 0.3) is 5.91 Å². The number of nitrogens with one attached hydrogen (secondary N) is 1. The maximum absolute atomic E-state index is 14.4. The molecule has 0 spiro atoms. The van der Waals surface area contributed by atoms with Gasteiger partial charge in [0.1, 0.15) is 10.7 Å². The molecule has 1 fully saturated rings. The zero-order chi connectivity index (χ0) is 38.7. The summed E-state index contributed by atoms with van der Waals surface area (Å²) >= 11 is 1.19. The highest BCUT2D eigenvalue weighted by Gasteiger charge is 2.41. The van der Waals surface area contributed by atoms with E-state index in [1.807, 2.05) is 72.0 Å². The van der Waals surface area contributed by atoms with Crippen molar-refractivity contribution in [3.63, 3.8) is 0 Å². The molecule has 52 heavy (non-hydrogen) atoms. The number of rotatable bonds is 19. The topological polar surface area (TPSA) is 146 Å². The number of likely N-dealkylation sites (N-methyl/N-ethyl adjacent to an activating group) is 1. The minimum Gasteiger partial charge on any atom is -0.481 e. The van der Waals surface area contributed by atoms with Crippen LogP contribution in [0.1, 0.15) is 121 Å². The van der Waals surface area contributed by atoms with Crippen LogP contribution >= 0.6 is 11.3 Å². The van der Waals surface area contributed by atoms with Crippen molar-refractivity contribution in [1.82, 2.24) is 20.1 Å². The summed E-state index contributed by atoms with van der Waals surface area (Å²) in [6.45, 7) is 13.9. The molecule has 2 aromatic rings. The number of hydrogen-bond donors (Lipinski definition) is 2. The molecule has 288 valence electrons. The molecule has 1 aliphatic rings. The Hall–Kier alpha value is -3.64. The number of carboxylic acid groups (broad SMARTS) is 1. The quantitative estimate of drug-likeness (QED) is 0.153. The van der Waals surface area contributed by atoms with Gasteiger partial charge in [-0.3, -0.25) is 28.9 Å². The molecule has 1 aromatic heterocycles. The van der Waals surface area contributed by atoms with Gasteiger partial charge in [-0.25, -0.2) is 4.98 Å². The van der Waals surface area contributed by atoms with Gasteiger partial charge in [0.2, 0.25) is 5.91 Å². The zero-order valence-electron chi connectivity index (χ0n) is 32.5. The van der Waals surface area contributed by atoms with E-state index in [4.69, 9.17) is 4.74 Å². The van der Waals surface area contributed by atoms with Crippen molar-refractivity contribution in [1.29, 1.82) is 0 Å². The second-order valence-corrected chi connectivity index (χ2v) is 16.4. The number of thiazole rings is 1. The van der Waals surface area contributed by atoms with E-state index in [2.05, 4.69) is 15.2 Å². The monoisotopic (exact) mass is 740 g/mol. The van der Waals surface area contributed by atoms with Crippen molar-refractivity contribution in [3.05, 3.63) is 52.0 Å². The third-order valence-corrected chi connectivity index (χ3v) is 11.8. The second-order valence-electron chi connectivity index (χ2n) is 15.6. The van der Waals surface area contributed by atoms with Gasteiger partial charge in [-0.05, 0) is 56.2 Å². The highest BCUT2D eigenvalue weighted by atomic mass is 32.1. The van der Waals surface area contributed by atoms with E-state index in [0.29, 0.717) is 11.4 Å². The van der Waals surface area contributed by atoms with E-state index < -0.39 is 47.2 Å². The number of nitrogens with zero attached hydrogens (tertiary/aromatic N) is 3. The van der Waals surface area contributed by atoms with Gasteiger partial charge >= 0.3 is 11.9 Å². The van der Waals surface area contributed by atoms with E-state index in [9.17, 15) is 29.1 Å². The van der Waals surface area contributed by atoms with Crippen LogP contribution in [0.3, 0.4) is 0 Å². The summed E-state index contributed by atoms with van der Waals surface area (Å²) in [6, 6.07) is 8.55. The van der Waals surface area contributed by atoms with Crippen molar-refractivity contribution >= 4 is 40.9 Å². The molecule has 0 aliphatic carbocycles. The summed E-state index contributed by atoms with van der Waals surface area (Å²) in [5, 5.41) is 14.6. The molecule has 0 bridgehead atoms. The zero-order valence-corrected chi connectivity index (χ0v) is 33.3. The fourth-order valence-corrected chi connectivity index (χ4v) is 7.93. The number of likely N-dealkylation sites (tertiary alicyclic amines) is 1. The molecule has 0 saturated carbocycles. The lowest BCUT2D eigenvalue weighted by Crippen LogP contribution is -2.50. The van der Waals surface area contributed by atoms with Gasteiger partial charge < -0.3 is 20.1 Å². The van der Waals surface area contributed by atoms with Crippen LogP contribution in [0, 0.1) is 23.2 Å². The minimum atomic E-state index is -0.941. The van der Waals surface area contributed by atoms with Crippen LogP contribution in [0.2, 0.25) is 0 Å². The Kier molecular flexibility index (Phi) is 16.0. The van der Waals surface area contributed by atoms with Gasteiger partial charge in [-0.1, -0.05) is 84.7 Å². The number of Topliss-reactive ketones (excluding diaryl/α,β-unsaturated/α-hetero) is 1. The van der Waals surface area contributed by atoms with Crippen LogP contribution < -0.4 is 5.32 Å². The van der Waals surface area contributed by atoms with Gasteiger partial charge in [0.15, 0.2) is 11.9 Å². The van der Waals surface area contributed by atoms with E-state index in [0.717, 1.165) is 37.8 Å². The summed E-state index contributed by atoms with van der Waals surface area (Å²) in [6.07, 6.45) is 3.87. The number of aromatic nitrogens is 1. The molecule has 0 radical (unpaired) electrons. The van der Waals surface area contributed by atoms with Crippen LogP contribution in [0.5, 0.6) is 0 Å². The van der Waals surface area contributed by atoms with Crippen LogP contribution in [0.15, 0.2) is 35.7 Å². The lowest BCUT2D eigenvalue weighted by Gasteiger charge is -2.40. The number of carbonyl (C=O) groups is 5. The number of amides is 2. The molecule has 1 saturated heterocycles. The van der Waals surface area contributed by atoms with Crippen molar-refractivity contribution in [3.8, 4) is 0 Å². The number of aliphatic carboxylic acids is 1. The summed E-state index contributed by atoms with van der Waals surface area (Å²) < 4.78 is 5.80. The van der Waals surface area contributed by atoms with Crippen molar-refractivity contribution in [2.45, 2.75) is 124 Å². The maximum Gasteiger partial charge on any atom is 0.306 e. The normalized spacial score (nSPS) is 18.2. The summed E-state index contributed by atoms with van der Waals surface area (Å²) in [7, 11) is 3.75. The van der Waals surface area contributed by atoms with Crippen molar-refractivity contribution in [2.75, 3.05) is 20.6 Å². The molecule has 2 heterocycles. The molecule has 1 aromatic carbocycles. The molecular weight excluding hydrogens is 681 g/mol. The Morgan fingerprint density at radius 1 is 1.10 bits per heavy atom. The van der Waals surface area contributed by atoms with Gasteiger partial charge in [0, 0.05) is 44.3 Å². The molecule has 0 unspecified atom stereocenters. The van der Waals surface area contributed by atoms with Crippen LogP contribution in [-0.2, 0) is 30.3 Å². The van der Waals surface area contributed by atoms with E-state index in [1.54, 1.807) is 24.3 Å². The third kappa shape index (κ3) is 11.9. The lowest BCUT2D eigenvalue weighted by molar-refractivity contribution is -0.150. The Balaban J connectivity index is 1.84. The Bertz CT molecular complexity index is 1510. The number of ether oxygens (including phenoxy) is 1. The minimum absolute atomic E-state index is 0.0322. The average Bonchev–Trinajstić information content (AvgIpc) is 3.59. The van der Waals surface area contributed by atoms with E-state index >= 15 is 0 Å². The highest BCUT2D eigenvalue weighted by molar-refractivity contribution is 7.09. The van der Waals surface area contributed by atoms with Crippen LogP contribution in [0.25, 0.3) is 0 Å². The van der Waals surface area contributed by atoms with Crippen molar-refractivity contribution in [2.24, 2.45) is 23.2 Å². The first-order chi connectivity index (χ1) is 24.4. The smallest absolute Gasteiger partial charge is 0.306 e. The van der Waals surface area contributed by atoms with Gasteiger partial charge in [-0.2, -0.15) is 0 Å². The molecular formula is C40H60N4O7S. The number of benzene rings is 1. The number of carbonyl (C=O) groups excluding carboxylic acids is 4. The number of carboxylic acids is 1. The summed E-state index contributed by atoms with van der Waals surface area (Å²) in [4.78, 5) is 74.1. The fourth-order valence-electron chi connectivity index (χ4n) is 7.09. The Labute approximate surface area is 313 Å². The number of esters is 1. The molecule has 2 amide bonds. The predicted molar refractivity (Wildman–Crippen MR) is 203 cm³/mol. The van der Waals surface area contributed by atoms with Crippen molar-refractivity contribution < 1.29 is 33.8 Å². The summed E-state index contributed by atoms with van der Waals surface area (Å²) in [5.74, 6) is -3.14. The molecule has 2 N–H and O–H groups in total. The van der Waals surface area contributed by atoms with Crippen LogP contribution in [0.4, 0.5) is 0 Å². The largest absolute Gasteiger partial charge is 0.481 e. The first-order valence-corrected chi connectivity index (χ1v) is 19.5. The first-order valence-electron chi connectivity index (χ1n) is 18.6. The van der Waals surface area contributed by atoms with Gasteiger partial charge in [-0.15, -0.1) is 11.3 Å². The number of hydrogen-bond acceptors (Lipinski definition) is 9. The predicted octanol–water partition coefficient (Wildman–Crippen LogP) is 6.57. The molecule has 12 heteroatoms. The number of piperidine rings is 1. The molecule has 11 nitrogen and oxygen atoms in total. The highest BCUT2D eigenvalue weighted by Crippen LogP contribution is 2.38. The van der Waals surface area contributed by atoms with Crippen LogP contribution in [-0.4, -0.2) is 88.2 Å². The Morgan fingerprint density at radius 3 is 2.35 bits per heavy atom. The second kappa shape index (κ2) is 19.4. The van der Waals surface area contributed by atoms with E-state index in [1.165, 1.54) is 18.3 Å². The lowest BCUT2D eigenvalue weighted by atomic mass is 9.72. The molecule has 6 atom stereocenters. The van der Waals surface area contributed by atoms with Gasteiger partial charge in [0.05, 0.1) is 17.9 Å².